The number of hydrogen-bond donors (Lipinski definition) is 2. The minimum Gasteiger partial charge on any atom is -0.489 e. The van der Waals surface area contributed by atoms with Crippen molar-refractivity contribution in [1.82, 2.24) is 10.6 Å². The third-order valence-corrected chi connectivity index (χ3v) is 5.01. The van der Waals surface area contributed by atoms with E-state index in [1.165, 1.54) is 7.11 Å². The monoisotopic (exact) mass is 476 g/mol. The molecule has 0 aromatic heterocycles. The fourth-order valence-electron chi connectivity index (χ4n) is 3.25. The summed E-state index contributed by atoms with van der Waals surface area (Å²) in [5, 5.41) is 4.97. The van der Waals surface area contributed by atoms with Crippen molar-refractivity contribution < 1.29 is 28.6 Å². The second-order valence-electron chi connectivity index (χ2n) is 7.68. The molecule has 3 rings (SSSR count). The van der Waals surface area contributed by atoms with E-state index in [4.69, 9.17) is 14.2 Å². The number of rotatable bonds is 11. The number of alkyl carbamates (subject to hydrolysis) is 1. The van der Waals surface area contributed by atoms with E-state index in [-0.39, 0.29) is 19.6 Å². The van der Waals surface area contributed by atoms with Crippen LogP contribution in [0.25, 0.3) is 0 Å². The van der Waals surface area contributed by atoms with Crippen molar-refractivity contribution in [2.75, 3.05) is 13.7 Å². The van der Waals surface area contributed by atoms with Crippen LogP contribution in [0.2, 0.25) is 0 Å². The van der Waals surface area contributed by atoms with Crippen molar-refractivity contribution in [3.8, 4) is 5.75 Å². The number of nitrogens with one attached hydrogen (secondary N) is 2. The molecule has 8 nitrogen and oxygen atoms in total. The van der Waals surface area contributed by atoms with Gasteiger partial charge in [-0.15, -0.1) is 0 Å². The molecule has 2 N–H and O–H groups in total. The van der Waals surface area contributed by atoms with Crippen LogP contribution in [0.1, 0.15) is 16.7 Å². The summed E-state index contributed by atoms with van der Waals surface area (Å²) < 4.78 is 15.8. The first-order valence-corrected chi connectivity index (χ1v) is 11.1. The number of esters is 1. The lowest BCUT2D eigenvalue weighted by atomic mass is 10.1. The molecule has 0 fully saturated rings. The smallest absolute Gasteiger partial charge is 0.407 e. The van der Waals surface area contributed by atoms with Crippen LogP contribution in [0.5, 0.6) is 5.75 Å². The highest BCUT2D eigenvalue weighted by atomic mass is 16.5. The van der Waals surface area contributed by atoms with E-state index in [0.717, 1.165) is 16.7 Å². The summed E-state index contributed by atoms with van der Waals surface area (Å²) in [5.41, 5.74) is 2.64. The number of carbonyl (C=O) groups excluding carboxylic acids is 3. The highest BCUT2D eigenvalue weighted by Gasteiger charge is 2.22. The van der Waals surface area contributed by atoms with Gasteiger partial charge in [-0.3, -0.25) is 4.79 Å². The van der Waals surface area contributed by atoms with Crippen LogP contribution in [-0.4, -0.2) is 37.7 Å². The Kier molecular flexibility index (Phi) is 9.68. The van der Waals surface area contributed by atoms with Gasteiger partial charge in [0, 0.05) is 6.42 Å². The lowest BCUT2D eigenvalue weighted by molar-refractivity contribution is -0.144. The molecule has 0 aliphatic carbocycles. The van der Waals surface area contributed by atoms with Crippen LogP contribution in [0.4, 0.5) is 4.79 Å². The summed E-state index contributed by atoms with van der Waals surface area (Å²) in [6.07, 6.45) is -0.541. The molecule has 0 unspecified atom stereocenters. The molecule has 35 heavy (non-hydrogen) atoms. The normalized spacial score (nSPS) is 11.1. The van der Waals surface area contributed by atoms with E-state index in [1.807, 2.05) is 84.9 Å². The van der Waals surface area contributed by atoms with Crippen LogP contribution >= 0.6 is 0 Å². The van der Waals surface area contributed by atoms with Crippen molar-refractivity contribution in [2.45, 2.75) is 25.7 Å². The number of amides is 2. The van der Waals surface area contributed by atoms with Crippen LogP contribution in [0.15, 0.2) is 84.9 Å². The number of hydrogen-bond acceptors (Lipinski definition) is 6. The van der Waals surface area contributed by atoms with Gasteiger partial charge in [-0.05, 0) is 28.8 Å². The first kappa shape index (κ1) is 25.3. The van der Waals surface area contributed by atoms with Gasteiger partial charge < -0.3 is 24.8 Å². The van der Waals surface area contributed by atoms with Gasteiger partial charge in [-0.25, -0.2) is 9.59 Å². The predicted octanol–water partition coefficient (Wildman–Crippen LogP) is 3.39. The van der Waals surface area contributed by atoms with Crippen molar-refractivity contribution in [3.63, 3.8) is 0 Å². The molecule has 0 saturated carbocycles. The van der Waals surface area contributed by atoms with Crippen LogP contribution < -0.4 is 15.4 Å². The third kappa shape index (κ3) is 8.85. The summed E-state index contributed by atoms with van der Waals surface area (Å²) in [6.45, 7) is 0.149. The van der Waals surface area contributed by atoms with Gasteiger partial charge in [0.1, 0.15) is 31.5 Å². The van der Waals surface area contributed by atoms with Gasteiger partial charge in [0.2, 0.25) is 5.91 Å². The SMILES string of the molecule is COC(=O)[C@H](Cc1cccc(OCc2ccccc2)c1)NC(=O)CNC(=O)OCc1ccccc1. The average Bonchev–Trinajstić information content (AvgIpc) is 2.90. The highest BCUT2D eigenvalue weighted by Crippen LogP contribution is 2.17. The first-order chi connectivity index (χ1) is 17.0. The van der Waals surface area contributed by atoms with Crippen LogP contribution in [-0.2, 0) is 38.7 Å². The first-order valence-electron chi connectivity index (χ1n) is 11.1. The molecule has 2 amide bonds. The Labute approximate surface area is 204 Å². The maximum Gasteiger partial charge on any atom is 0.407 e. The molecule has 8 heteroatoms. The van der Waals surface area contributed by atoms with E-state index in [9.17, 15) is 14.4 Å². The van der Waals surface area contributed by atoms with Gasteiger partial charge in [0.15, 0.2) is 0 Å². The maximum atomic E-state index is 12.4. The zero-order valence-corrected chi connectivity index (χ0v) is 19.4. The number of benzene rings is 3. The lowest BCUT2D eigenvalue weighted by Gasteiger charge is -2.17. The minimum absolute atomic E-state index is 0.0851. The zero-order chi connectivity index (χ0) is 24.9. The Bertz CT molecular complexity index is 1100. The highest BCUT2D eigenvalue weighted by molar-refractivity contribution is 5.87. The lowest BCUT2D eigenvalue weighted by Crippen LogP contribution is -2.47. The Morgan fingerprint density at radius 1 is 0.800 bits per heavy atom. The van der Waals surface area contributed by atoms with E-state index in [1.54, 1.807) is 0 Å². The van der Waals surface area contributed by atoms with E-state index >= 15 is 0 Å². The molecule has 1 atom stereocenters. The second-order valence-corrected chi connectivity index (χ2v) is 7.68. The standard InChI is InChI=1S/C27H28N2O6/c1-33-26(31)24(29-25(30)17-28-27(32)35-19-21-11-6-3-7-12-21)16-22-13-8-14-23(15-22)34-18-20-9-4-2-5-10-20/h2-15,24H,16-19H2,1H3,(H,28,32)(H,29,30)/t24-/m0/s1. The fraction of sp³-hybridized carbons (Fsp3) is 0.222. The van der Waals surface area contributed by atoms with Crippen molar-refractivity contribution >= 4 is 18.0 Å². The number of methoxy groups -OCH3 is 1. The topological polar surface area (TPSA) is 103 Å². The van der Waals surface area contributed by atoms with Gasteiger partial charge in [-0.1, -0.05) is 72.8 Å². The van der Waals surface area contributed by atoms with Gasteiger partial charge in [0.05, 0.1) is 7.11 Å². The third-order valence-electron chi connectivity index (χ3n) is 5.01. The maximum absolute atomic E-state index is 12.4. The second kappa shape index (κ2) is 13.4. The molecule has 0 radical (unpaired) electrons. The number of ether oxygens (including phenoxy) is 3. The van der Waals surface area contributed by atoms with Crippen molar-refractivity contribution in [1.29, 1.82) is 0 Å². The number of carbonyl (C=O) groups is 3. The molecule has 0 heterocycles. The van der Waals surface area contributed by atoms with Crippen LogP contribution in [0.3, 0.4) is 0 Å². The Balaban J connectivity index is 1.49. The zero-order valence-electron chi connectivity index (χ0n) is 19.4. The molecule has 0 spiro atoms. The van der Waals surface area contributed by atoms with E-state index in [2.05, 4.69) is 10.6 Å². The molecule has 182 valence electrons. The molecule has 0 bridgehead atoms. The predicted molar refractivity (Wildman–Crippen MR) is 129 cm³/mol. The molecule has 3 aromatic rings. The summed E-state index contributed by atoms with van der Waals surface area (Å²) in [4.78, 5) is 36.5. The molecule has 0 saturated heterocycles. The van der Waals surface area contributed by atoms with Crippen LogP contribution in [0, 0.1) is 0 Å². The molecule has 0 aliphatic rings. The van der Waals surface area contributed by atoms with Gasteiger partial charge in [-0.2, -0.15) is 0 Å². The van der Waals surface area contributed by atoms with Gasteiger partial charge >= 0.3 is 12.1 Å². The van der Waals surface area contributed by atoms with E-state index < -0.39 is 24.0 Å². The van der Waals surface area contributed by atoms with E-state index in [0.29, 0.717) is 12.4 Å². The Hall–Kier alpha value is -4.33. The largest absolute Gasteiger partial charge is 0.489 e. The fourth-order valence-corrected chi connectivity index (χ4v) is 3.25. The summed E-state index contributed by atoms with van der Waals surface area (Å²) in [5.74, 6) is -0.502. The van der Waals surface area contributed by atoms with Crippen molar-refractivity contribution in [2.24, 2.45) is 0 Å². The Morgan fingerprint density at radius 3 is 2.09 bits per heavy atom. The average molecular weight is 477 g/mol. The summed E-state index contributed by atoms with van der Waals surface area (Å²) >= 11 is 0. The molecule has 3 aromatic carbocycles. The summed E-state index contributed by atoms with van der Waals surface area (Å²) in [6, 6.07) is 25.3. The molecular weight excluding hydrogens is 448 g/mol. The van der Waals surface area contributed by atoms with Gasteiger partial charge in [0.25, 0.3) is 0 Å². The molecular formula is C27H28N2O6. The Morgan fingerprint density at radius 2 is 1.43 bits per heavy atom. The summed E-state index contributed by atoms with van der Waals surface area (Å²) in [7, 11) is 1.25. The minimum atomic E-state index is -0.931. The molecule has 0 aliphatic heterocycles. The van der Waals surface area contributed by atoms with Crippen molar-refractivity contribution in [3.05, 3.63) is 102 Å². The quantitative estimate of drug-likeness (QED) is 0.411.